The minimum Gasteiger partial charge on any atom is -0.383 e. The number of nitrogens with one attached hydrogen (secondary N) is 1. The van der Waals surface area contributed by atoms with Gasteiger partial charge in [-0.25, -0.2) is 0 Å². The molecule has 0 heterocycles. The van der Waals surface area contributed by atoms with Crippen LogP contribution in [0.5, 0.6) is 0 Å². The Morgan fingerprint density at radius 3 is 2.73 bits per heavy atom. The van der Waals surface area contributed by atoms with Crippen LogP contribution in [0.1, 0.15) is 19.8 Å². The van der Waals surface area contributed by atoms with E-state index in [0.29, 0.717) is 6.04 Å². The first kappa shape index (κ1) is 11.4. The third-order valence-corrected chi connectivity index (χ3v) is 2.03. The Bertz CT molecular complexity index is 80.5. The van der Waals surface area contributed by atoms with Gasteiger partial charge in [-0.3, -0.25) is 0 Å². The van der Waals surface area contributed by atoms with Crippen molar-refractivity contribution < 1.29 is 4.74 Å². The van der Waals surface area contributed by atoms with E-state index in [4.69, 9.17) is 4.74 Å². The van der Waals surface area contributed by atoms with Gasteiger partial charge in [-0.1, -0.05) is 15.9 Å². The average molecular weight is 224 g/mol. The fraction of sp³-hybridized carbons (Fsp3) is 1.00. The zero-order valence-electron chi connectivity index (χ0n) is 7.40. The predicted octanol–water partition coefficient (Wildman–Crippen LogP) is 1.79. The van der Waals surface area contributed by atoms with Crippen LogP contribution in [-0.2, 0) is 4.74 Å². The van der Waals surface area contributed by atoms with Crippen molar-refractivity contribution >= 4 is 15.9 Å². The Labute approximate surface area is 77.8 Å². The second-order valence-corrected chi connectivity index (χ2v) is 3.50. The molecule has 1 N–H and O–H groups in total. The Morgan fingerprint density at radius 2 is 2.18 bits per heavy atom. The van der Waals surface area contributed by atoms with Crippen molar-refractivity contribution in [2.45, 2.75) is 25.8 Å². The summed E-state index contributed by atoms with van der Waals surface area (Å²) in [5, 5.41) is 4.48. The maximum absolute atomic E-state index is 4.99. The highest BCUT2D eigenvalue weighted by molar-refractivity contribution is 9.09. The average Bonchev–Trinajstić information content (AvgIpc) is 1.99. The lowest BCUT2D eigenvalue weighted by atomic mass is 10.3. The van der Waals surface area contributed by atoms with E-state index in [1.807, 2.05) is 0 Å². The molecule has 11 heavy (non-hydrogen) atoms. The smallest absolute Gasteiger partial charge is 0.0613 e. The standard InChI is InChI=1S/C8H18BrNO/c1-8(7-11-2)10-6-4-3-5-9/h8,10H,3-7H2,1-2H3. The quantitative estimate of drug-likeness (QED) is 0.525. The van der Waals surface area contributed by atoms with Crippen molar-refractivity contribution in [3.05, 3.63) is 0 Å². The summed E-state index contributed by atoms with van der Waals surface area (Å²) < 4.78 is 4.99. The highest BCUT2D eigenvalue weighted by Crippen LogP contribution is 1.92. The van der Waals surface area contributed by atoms with Crippen molar-refractivity contribution in [3.63, 3.8) is 0 Å². The highest BCUT2D eigenvalue weighted by Gasteiger charge is 1.97. The number of rotatable bonds is 7. The molecular formula is C8H18BrNO. The van der Waals surface area contributed by atoms with E-state index >= 15 is 0 Å². The molecule has 0 aromatic carbocycles. The van der Waals surface area contributed by atoms with Crippen molar-refractivity contribution in [1.29, 1.82) is 0 Å². The van der Waals surface area contributed by atoms with Gasteiger partial charge >= 0.3 is 0 Å². The number of alkyl halides is 1. The number of halogens is 1. The normalized spacial score (nSPS) is 13.4. The third-order valence-electron chi connectivity index (χ3n) is 1.47. The van der Waals surface area contributed by atoms with E-state index in [1.54, 1.807) is 7.11 Å². The minimum atomic E-state index is 0.482. The van der Waals surface area contributed by atoms with Crippen molar-refractivity contribution in [1.82, 2.24) is 5.32 Å². The van der Waals surface area contributed by atoms with Gasteiger partial charge in [0, 0.05) is 18.5 Å². The molecular weight excluding hydrogens is 206 g/mol. The van der Waals surface area contributed by atoms with Crippen LogP contribution in [-0.4, -0.2) is 31.6 Å². The summed E-state index contributed by atoms with van der Waals surface area (Å²) in [7, 11) is 1.73. The zero-order valence-corrected chi connectivity index (χ0v) is 8.99. The summed E-state index contributed by atoms with van der Waals surface area (Å²) >= 11 is 3.39. The number of unbranched alkanes of at least 4 members (excludes halogenated alkanes) is 1. The molecule has 2 nitrogen and oxygen atoms in total. The first-order chi connectivity index (χ1) is 5.31. The molecule has 0 radical (unpaired) electrons. The van der Waals surface area contributed by atoms with Gasteiger partial charge in [0.15, 0.2) is 0 Å². The Morgan fingerprint density at radius 1 is 1.45 bits per heavy atom. The maximum atomic E-state index is 4.99. The zero-order chi connectivity index (χ0) is 8.53. The SMILES string of the molecule is COCC(C)NCCCCBr. The molecule has 1 atom stereocenters. The Balaban J connectivity index is 2.97. The predicted molar refractivity (Wildman–Crippen MR) is 52.4 cm³/mol. The van der Waals surface area contributed by atoms with Crippen LogP contribution in [0.15, 0.2) is 0 Å². The van der Waals surface area contributed by atoms with Gasteiger partial charge in [-0.15, -0.1) is 0 Å². The molecule has 0 rings (SSSR count). The van der Waals surface area contributed by atoms with Crippen molar-refractivity contribution in [3.8, 4) is 0 Å². The van der Waals surface area contributed by atoms with Gasteiger partial charge in [-0.2, -0.15) is 0 Å². The number of ether oxygens (including phenoxy) is 1. The van der Waals surface area contributed by atoms with E-state index in [1.165, 1.54) is 12.8 Å². The van der Waals surface area contributed by atoms with E-state index in [-0.39, 0.29) is 0 Å². The molecule has 1 unspecified atom stereocenters. The van der Waals surface area contributed by atoms with Crippen LogP contribution in [0.4, 0.5) is 0 Å². The summed E-state index contributed by atoms with van der Waals surface area (Å²) in [4.78, 5) is 0. The summed E-state index contributed by atoms with van der Waals surface area (Å²) in [6.45, 7) is 4.03. The van der Waals surface area contributed by atoms with Gasteiger partial charge in [0.05, 0.1) is 6.61 Å². The fourth-order valence-electron chi connectivity index (χ4n) is 0.877. The monoisotopic (exact) mass is 223 g/mol. The molecule has 0 aromatic heterocycles. The molecule has 0 bridgehead atoms. The lowest BCUT2D eigenvalue weighted by molar-refractivity contribution is 0.172. The summed E-state index contributed by atoms with van der Waals surface area (Å²) in [5.74, 6) is 0. The second-order valence-electron chi connectivity index (χ2n) is 2.71. The minimum absolute atomic E-state index is 0.482. The Hall–Kier alpha value is 0.400. The molecule has 0 spiro atoms. The van der Waals surface area contributed by atoms with E-state index in [9.17, 15) is 0 Å². The second kappa shape index (κ2) is 8.50. The van der Waals surface area contributed by atoms with E-state index < -0.39 is 0 Å². The first-order valence-corrected chi connectivity index (χ1v) is 5.21. The summed E-state index contributed by atoms with van der Waals surface area (Å²) in [6.07, 6.45) is 2.48. The van der Waals surface area contributed by atoms with E-state index in [0.717, 1.165) is 18.5 Å². The summed E-state index contributed by atoms with van der Waals surface area (Å²) in [5.41, 5.74) is 0. The van der Waals surface area contributed by atoms with Crippen LogP contribution in [0.2, 0.25) is 0 Å². The molecule has 0 saturated heterocycles. The molecule has 0 aromatic rings. The van der Waals surface area contributed by atoms with Gasteiger partial charge < -0.3 is 10.1 Å². The summed E-state index contributed by atoms with van der Waals surface area (Å²) in [6, 6.07) is 0.482. The fourth-order valence-corrected chi connectivity index (χ4v) is 1.27. The van der Waals surface area contributed by atoms with Crippen LogP contribution in [0.25, 0.3) is 0 Å². The first-order valence-electron chi connectivity index (χ1n) is 4.09. The lowest BCUT2D eigenvalue weighted by Crippen LogP contribution is -2.30. The molecule has 0 saturated carbocycles. The highest BCUT2D eigenvalue weighted by atomic mass is 79.9. The molecule has 0 aliphatic rings. The third kappa shape index (κ3) is 8.30. The largest absolute Gasteiger partial charge is 0.383 e. The Kier molecular flexibility index (Phi) is 8.81. The van der Waals surface area contributed by atoms with Gasteiger partial charge in [-0.05, 0) is 26.3 Å². The van der Waals surface area contributed by atoms with Crippen molar-refractivity contribution in [2.24, 2.45) is 0 Å². The number of methoxy groups -OCH3 is 1. The molecule has 3 heteroatoms. The van der Waals surface area contributed by atoms with E-state index in [2.05, 4.69) is 28.2 Å². The molecule has 68 valence electrons. The van der Waals surface area contributed by atoms with Gasteiger partial charge in [0.25, 0.3) is 0 Å². The maximum Gasteiger partial charge on any atom is 0.0613 e. The molecule has 0 aliphatic carbocycles. The number of hydrogen-bond donors (Lipinski definition) is 1. The molecule has 0 aliphatic heterocycles. The van der Waals surface area contributed by atoms with Gasteiger partial charge in [0.1, 0.15) is 0 Å². The van der Waals surface area contributed by atoms with Crippen LogP contribution in [0, 0.1) is 0 Å². The lowest BCUT2D eigenvalue weighted by Gasteiger charge is -2.11. The molecule has 0 fully saturated rings. The van der Waals surface area contributed by atoms with Crippen LogP contribution in [0.3, 0.4) is 0 Å². The van der Waals surface area contributed by atoms with Crippen LogP contribution >= 0.6 is 15.9 Å². The van der Waals surface area contributed by atoms with Crippen LogP contribution < -0.4 is 5.32 Å². The van der Waals surface area contributed by atoms with Crippen molar-refractivity contribution in [2.75, 3.05) is 25.6 Å². The van der Waals surface area contributed by atoms with Gasteiger partial charge in [0.2, 0.25) is 0 Å². The molecule has 0 amide bonds. The topological polar surface area (TPSA) is 21.3 Å². The number of hydrogen-bond acceptors (Lipinski definition) is 2.